The predicted molar refractivity (Wildman–Crippen MR) is 95.2 cm³/mol. The Bertz CT molecular complexity index is 857. The van der Waals surface area contributed by atoms with Crippen molar-refractivity contribution in [2.45, 2.75) is 20.5 Å². The minimum Gasteiger partial charge on any atom is -0.488 e. The van der Waals surface area contributed by atoms with E-state index in [9.17, 15) is 4.79 Å². The summed E-state index contributed by atoms with van der Waals surface area (Å²) in [6.45, 7) is 4.00. The van der Waals surface area contributed by atoms with Crippen LogP contribution in [-0.2, 0) is 6.61 Å². The van der Waals surface area contributed by atoms with Gasteiger partial charge in [0.2, 0.25) is 0 Å². The molecule has 3 rings (SSSR count). The molecular formula is C21H19NO2. The van der Waals surface area contributed by atoms with Gasteiger partial charge in [0, 0.05) is 28.6 Å². The predicted octanol–water partition coefficient (Wildman–Crippen LogP) is 4.84. The SMILES string of the molecule is CC(=O)c1ccc(OCc2ccccc2)c(-c2cccnc2C)c1. The Kier molecular flexibility index (Phi) is 4.71. The van der Waals surface area contributed by atoms with Crippen LogP contribution in [0.25, 0.3) is 11.1 Å². The van der Waals surface area contributed by atoms with Crippen LogP contribution in [0.15, 0.2) is 66.9 Å². The summed E-state index contributed by atoms with van der Waals surface area (Å²) in [5, 5.41) is 0. The lowest BCUT2D eigenvalue weighted by molar-refractivity contribution is 0.101. The minimum atomic E-state index is 0.0346. The number of benzene rings is 2. The number of hydrogen-bond donors (Lipinski definition) is 0. The Morgan fingerprint density at radius 1 is 1.00 bits per heavy atom. The molecule has 0 bridgehead atoms. The van der Waals surface area contributed by atoms with Gasteiger partial charge in [0.1, 0.15) is 12.4 Å². The summed E-state index contributed by atoms with van der Waals surface area (Å²) in [7, 11) is 0. The first-order chi connectivity index (χ1) is 11.6. The Morgan fingerprint density at radius 2 is 1.79 bits per heavy atom. The molecule has 0 unspecified atom stereocenters. The van der Waals surface area contributed by atoms with Crippen LogP contribution in [0.3, 0.4) is 0 Å². The van der Waals surface area contributed by atoms with E-state index in [-0.39, 0.29) is 5.78 Å². The molecule has 0 saturated carbocycles. The number of Topliss-reactive ketones (excluding diaryl/α,β-unsaturated/α-hetero) is 1. The zero-order valence-corrected chi connectivity index (χ0v) is 13.8. The quantitative estimate of drug-likeness (QED) is 0.632. The Hall–Kier alpha value is -2.94. The van der Waals surface area contributed by atoms with Crippen molar-refractivity contribution in [2.75, 3.05) is 0 Å². The number of carbonyl (C=O) groups is 1. The number of aryl methyl sites for hydroxylation is 1. The van der Waals surface area contributed by atoms with E-state index in [1.165, 1.54) is 0 Å². The lowest BCUT2D eigenvalue weighted by Crippen LogP contribution is -2.00. The van der Waals surface area contributed by atoms with Crippen LogP contribution in [0.5, 0.6) is 5.75 Å². The van der Waals surface area contributed by atoms with Crippen LogP contribution in [-0.4, -0.2) is 10.8 Å². The van der Waals surface area contributed by atoms with Gasteiger partial charge in [-0.1, -0.05) is 36.4 Å². The smallest absolute Gasteiger partial charge is 0.159 e. The van der Waals surface area contributed by atoms with Crippen LogP contribution in [0, 0.1) is 6.92 Å². The van der Waals surface area contributed by atoms with Gasteiger partial charge in [0.05, 0.1) is 0 Å². The fourth-order valence-corrected chi connectivity index (χ4v) is 2.59. The minimum absolute atomic E-state index is 0.0346. The molecule has 3 nitrogen and oxygen atoms in total. The van der Waals surface area contributed by atoms with Gasteiger partial charge >= 0.3 is 0 Å². The summed E-state index contributed by atoms with van der Waals surface area (Å²) < 4.78 is 6.03. The number of aromatic nitrogens is 1. The molecule has 0 amide bonds. The molecule has 0 aliphatic carbocycles. The van der Waals surface area contributed by atoms with Gasteiger partial charge in [-0.05, 0) is 43.7 Å². The topological polar surface area (TPSA) is 39.2 Å². The van der Waals surface area contributed by atoms with Crippen molar-refractivity contribution in [3.63, 3.8) is 0 Å². The van der Waals surface area contributed by atoms with Crippen molar-refractivity contribution >= 4 is 5.78 Å². The van der Waals surface area contributed by atoms with E-state index >= 15 is 0 Å². The van der Waals surface area contributed by atoms with Crippen molar-refractivity contribution in [2.24, 2.45) is 0 Å². The van der Waals surface area contributed by atoms with Crippen LogP contribution in [0.2, 0.25) is 0 Å². The molecule has 0 saturated heterocycles. The van der Waals surface area contributed by atoms with E-state index in [2.05, 4.69) is 4.98 Å². The maximum absolute atomic E-state index is 11.7. The Morgan fingerprint density at radius 3 is 2.50 bits per heavy atom. The van der Waals surface area contributed by atoms with Gasteiger partial charge in [0.25, 0.3) is 0 Å². The van der Waals surface area contributed by atoms with Gasteiger partial charge in [-0.2, -0.15) is 0 Å². The van der Waals surface area contributed by atoms with E-state index in [0.29, 0.717) is 12.2 Å². The van der Waals surface area contributed by atoms with E-state index < -0.39 is 0 Å². The van der Waals surface area contributed by atoms with Crippen molar-refractivity contribution in [1.82, 2.24) is 4.98 Å². The summed E-state index contributed by atoms with van der Waals surface area (Å²) in [5.41, 5.74) is 4.54. The highest BCUT2D eigenvalue weighted by atomic mass is 16.5. The van der Waals surface area contributed by atoms with Crippen molar-refractivity contribution < 1.29 is 9.53 Å². The van der Waals surface area contributed by atoms with E-state index in [0.717, 1.165) is 28.1 Å². The van der Waals surface area contributed by atoms with Crippen molar-refractivity contribution in [3.05, 3.63) is 83.7 Å². The largest absolute Gasteiger partial charge is 0.488 e. The van der Waals surface area contributed by atoms with Crippen LogP contribution in [0.4, 0.5) is 0 Å². The number of ether oxygens (including phenoxy) is 1. The normalized spacial score (nSPS) is 10.4. The third kappa shape index (κ3) is 3.51. The molecule has 0 aliphatic heterocycles. The first kappa shape index (κ1) is 15.9. The number of nitrogens with zero attached hydrogens (tertiary/aromatic N) is 1. The average molecular weight is 317 g/mol. The van der Waals surface area contributed by atoms with Crippen LogP contribution < -0.4 is 4.74 Å². The molecule has 1 aromatic heterocycles. The van der Waals surface area contributed by atoms with Crippen LogP contribution >= 0.6 is 0 Å². The summed E-state index contributed by atoms with van der Waals surface area (Å²) in [6, 6.07) is 19.5. The summed E-state index contributed by atoms with van der Waals surface area (Å²) in [5.74, 6) is 0.785. The highest BCUT2D eigenvalue weighted by Crippen LogP contribution is 2.33. The number of ketones is 1. The summed E-state index contributed by atoms with van der Waals surface area (Å²) in [4.78, 5) is 16.1. The number of rotatable bonds is 5. The molecule has 3 heteroatoms. The molecule has 120 valence electrons. The number of carbonyl (C=O) groups excluding carboxylic acids is 1. The van der Waals surface area contributed by atoms with E-state index in [1.54, 1.807) is 19.2 Å². The molecule has 0 aliphatic rings. The molecule has 0 atom stereocenters. The number of hydrogen-bond acceptors (Lipinski definition) is 3. The molecule has 0 radical (unpaired) electrons. The molecule has 0 spiro atoms. The monoisotopic (exact) mass is 317 g/mol. The standard InChI is InChI=1S/C21H19NO2/c1-15-19(9-6-12-22-15)20-13-18(16(2)23)10-11-21(20)24-14-17-7-4-3-5-8-17/h3-13H,14H2,1-2H3. The first-order valence-electron chi connectivity index (χ1n) is 7.89. The highest BCUT2D eigenvalue weighted by Gasteiger charge is 2.12. The molecule has 2 aromatic carbocycles. The lowest BCUT2D eigenvalue weighted by atomic mass is 9.99. The van der Waals surface area contributed by atoms with E-state index in [4.69, 9.17) is 4.74 Å². The number of pyridine rings is 1. The second kappa shape index (κ2) is 7.09. The maximum atomic E-state index is 11.7. The van der Waals surface area contributed by atoms with Gasteiger partial charge < -0.3 is 4.74 Å². The Labute approximate surface area is 142 Å². The molecule has 0 fully saturated rings. The zero-order valence-electron chi connectivity index (χ0n) is 13.8. The molecule has 3 aromatic rings. The van der Waals surface area contributed by atoms with Gasteiger partial charge in [-0.3, -0.25) is 9.78 Å². The third-order valence-electron chi connectivity index (χ3n) is 3.92. The van der Waals surface area contributed by atoms with Gasteiger partial charge in [-0.25, -0.2) is 0 Å². The molecule has 1 heterocycles. The van der Waals surface area contributed by atoms with Gasteiger partial charge in [-0.15, -0.1) is 0 Å². The van der Waals surface area contributed by atoms with E-state index in [1.807, 2.05) is 61.5 Å². The Balaban J connectivity index is 1.99. The molecule has 0 N–H and O–H groups in total. The zero-order chi connectivity index (χ0) is 16.9. The molecule has 24 heavy (non-hydrogen) atoms. The fourth-order valence-electron chi connectivity index (χ4n) is 2.59. The lowest BCUT2D eigenvalue weighted by Gasteiger charge is -2.14. The molecular weight excluding hydrogens is 298 g/mol. The van der Waals surface area contributed by atoms with Crippen LogP contribution in [0.1, 0.15) is 28.5 Å². The second-order valence-corrected chi connectivity index (χ2v) is 5.68. The maximum Gasteiger partial charge on any atom is 0.159 e. The van der Waals surface area contributed by atoms with Gasteiger partial charge in [0.15, 0.2) is 5.78 Å². The fraction of sp³-hybridized carbons (Fsp3) is 0.143. The summed E-state index contributed by atoms with van der Waals surface area (Å²) >= 11 is 0. The van der Waals surface area contributed by atoms with Crippen molar-refractivity contribution in [1.29, 1.82) is 0 Å². The highest BCUT2D eigenvalue weighted by molar-refractivity contribution is 5.96. The van der Waals surface area contributed by atoms with Crippen molar-refractivity contribution in [3.8, 4) is 16.9 Å². The summed E-state index contributed by atoms with van der Waals surface area (Å²) in [6.07, 6.45) is 1.76. The average Bonchev–Trinajstić information content (AvgIpc) is 2.61. The third-order valence-corrected chi connectivity index (χ3v) is 3.92. The second-order valence-electron chi connectivity index (χ2n) is 5.68. The first-order valence-corrected chi connectivity index (χ1v) is 7.89.